The molecule has 0 saturated carbocycles. The van der Waals surface area contributed by atoms with E-state index in [1.54, 1.807) is 10.9 Å². The van der Waals surface area contributed by atoms with Gasteiger partial charge in [0, 0.05) is 16.8 Å². The van der Waals surface area contributed by atoms with Gasteiger partial charge in [0.05, 0.1) is 23.3 Å². The molecule has 1 heterocycles. The summed E-state index contributed by atoms with van der Waals surface area (Å²) in [4.78, 5) is 0. The molecule has 1 aromatic carbocycles. The van der Waals surface area contributed by atoms with Crippen LogP contribution in [0, 0.1) is 3.57 Å². The second-order valence-corrected chi connectivity index (χ2v) is 4.50. The Morgan fingerprint density at radius 3 is 2.87 bits per heavy atom. The summed E-state index contributed by atoms with van der Waals surface area (Å²) in [5.41, 5.74) is 8.46. The van der Waals surface area contributed by atoms with Gasteiger partial charge in [-0.3, -0.25) is 4.68 Å². The average Bonchev–Trinajstić information content (AvgIpc) is 2.56. The fourth-order valence-electron chi connectivity index (χ4n) is 1.29. The number of hydrogen-bond donors (Lipinski definition) is 2. The standard InChI is InChI=1S/C10H11IN4/c1-15-6-8(5-13-15)14-10-3-2-7(11)4-9(10)12/h2-6,14H,12H2,1H3. The van der Waals surface area contributed by atoms with Crippen LogP contribution in [0.4, 0.5) is 17.1 Å². The van der Waals surface area contributed by atoms with E-state index in [0.717, 1.165) is 20.6 Å². The summed E-state index contributed by atoms with van der Waals surface area (Å²) in [6.45, 7) is 0. The van der Waals surface area contributed by atoms with Crippen molar-refractivity contribution >= 4 is 39.7 Å². The van der Waals surface area contributed by atoms with Crippen molar-refractivity contribution < 1.29 is 0 Å². The van der Waals surface area contributed by atoms with Crippen LogP contribution >= 0.6 is 22.6 Å². The minimum Gasteiger partial charge on any atom is -0.397 e. The van der Waals surface area contributed by atoms with Gasteiger partial charge in [-0.25, -0.2) is 0 Å². The van der Waals surface area contributed by atoms with E-state index in [2.05, 4.69) is 33.0 Å². The highest BCUT2D eigenvalue weighted by Gasteiger charge is 2.01. The number of aromatic nitrogens is 2. The quantitative estimate of drug-likeness (QED) is 0.661. The highest BCUT2D eigenvalue weighted by molar-refractivity contribution is 14.1. The summed E-state index contributed by atoms with van der Waals surface area (Å²) < 4.78 is 2.87. The number of nitrogens with two attached hydrogens (primary N) is 1. The Bertz CT molecular complexity index is 478. The van der Waals surface area contributed by atoms with E-state index in [0.29, 0.717) is 0 Å². The Balaban J connectivity index is 2.24. The lowest BCUT2D eigenvalue weighted by Crippen LogP contribution is -1.95. The highest BCUT2D eigenvalue weighted by Crippen LogP contribution is 2.24. The molecule has 4 nitrogen and oxygen atoms in total. The summed E-state index contributed by atoms with van der Waals surface area (Å²) in [6.07, 6.45) is 3.66. The number of nitrogen functional groups attached to an aromatic ring is 1. The predicted molar refractivity (Wildman–Crippen MR) is 70.1 cm³/mol. The highest BCUT2D eigenvalue weighted by atomic mass is 127. The largest absolute Gasteiger partial charge is 0.397 e. The number of halogens is 1. The summed E-state index contributed by atoms with van der Waals surface area (Å²) in [6, 6.07) is 5.90. The number of benzene rings is 1. The van der Waals surface area contributed by atoms with Crippen LogP contribution in [0.15, 0.2) is 30.6 Å². The first-order valence-electron chi connectivity index (χ1n) is 4.46. The molecule has 0 aliphatic heterocycles. The van der Waals surface area contributed by atoms with Crippen molar-refractivity contribution in [3.63, 3.8) is 0 Å². The molecule has 0 bridgehead atoms. The Morgan fingerprint density at radius 1 is 1.47 bits per heavy atom. The molecule has 0 fully saturated rings. The molecule has 15 heavy (non-hydrogen) atoms. The van der Waals surface area contributed by atoms with Crippen LogP contribution in [0.2, 0.25) is 0 Å². The van der Waals surface area contributed by atoms with E-state index in [9.17, 15) is 0 Å². The molecule has 0 spiro atoms. The summed E-state index contributed by atoms with van der Waals surface area (Å²) in [5, 5.41) is 7.28. The Kier molecular flexibility index (Phi) is 2.81. The maximum absolute atomic E-state index is 5.88. The van der Waals surface area contributed by atoms with E-state index in [1.807, 2.05) is 31.4 Å². The van der Waals surface area contributed by atoms with Crippen LogP contribution < -0.4 is 11.1 Å². The van der Waals surface area contributed by atoms with Gasteiger partial charge < -0.3 is 11.1 Å². The number of aryl methyl sites for hydroxylation is 1. The average molecular weight is 314 g/mol. The van der Waals surface area contributed by atoms with E-state index >= 15 is 0 Å². The molecule has 0 unspecified atom stereocenters. The molecule has 1 aromatic heterocycles. The third-order valence-electron chi connectivity index (χ3n) is 2.00. The summed E-state index contributed by atoms with van der Waals surface area (Å²) >= 11 is 2.23. The van der Waals surface area contributed by atoms with Crippen molar-refractivity contribution in [3.05, 3.63) is 34.2 Å². The van der Waals surface area contributed by atoms with Crippen LogP contribution in [0.5, 0.6) is 0 Å². The SMILES string of the molecule is Cn1cc(Nc2ccc(I)cc2N)cn1. The minimum atomic E-state index is 0.741. The summed E-state index contributed by atoms with van der Waals surface area (Å²) in [5.74, 6) is 0. The number of anilines is 3. The van der Waals surface area contributed by atoms with Crippen LogP contribution in [0.25, 0.3) is 0 Å². The number of nitrogens with one attached hydrogen (secondary N) is 1. The van der Waals surface area contributed by atoms with Gasteiger partial charge in [-0.05, 0) is 40.8 Å². The zero-order chi connectivity index (χ0) is 10.8. The zero-order valence-corrected chi connectivity index (χ0v) is 10.4. The molecule has 3 N–H and O–H groups in total. The van der Waals surface area contributed by atoms with Crippen LogP contribution in [0.3, 0.4) is 0 Å². The lowest BCUT2D eigenvalue weighted by atomic mass is 10.2. The van der Waals surface area contributed by atoms with Crippen molar-refractivity contribution in [3.8, 4) is 0 Å². The number of rotatable bonds is 2. The van der Waals surface area contributed by atoms with E-state index in [-0.39, 0.29) is 0 Å². The second kappa shape index (κ2) is 4.09. The lowest BCUT2D eigenvalue weighted by Gasteiger charge is -2.07. The molecule has 0 saturated heterocycles. The molecule has 0 aliphatic rings. The van der Waals surface area contributed by atoms with Gasteiger partial charge >= 0.3 is 0 Å². The van der Waals surface area contributed by atoms with Gasteiger partial charge in [0.1, 0.15) is 0 Å². The maximum Gasteiger partial charge on any atom is 0.0770 e. The van der Waals surface area contributed by atoms with Crippen molar-refractivity contribution in [2.24, 2.45) is 7.05 Å². The second-order valence-electron chi connectivity index (χ2n) is 3.26. The van der Waals surface area contributed by atoms with Crippen molar-refractivity contribution in [1.29, 1.82) is 0 Å². The van der Waals surface area contributed by atoms with Gasteiger partial charge in [0.2, 0.25) is 0 Å². The molecule has 2 aromatic rings. The van der Waals surface area contributed by atoms with Crippen LogP contribution in [-0.2, 0) is 7.05 Å². The monoisotopic (exact) mass is 314 g/mol. The Hall–Kier alpha value is -1.24. The van der Waals surface area contributed by atoms with Crippen LogP contribution in [0.1, 0.15) is 0 Å². The van der Waals surface area contributed by atoms with Crippen molar-refractivity contribution in [2.75, 3.05) is 11.1 Å². The van der Waals surface area contributed by atoms with E-state index < -0.39 is 0 Å². The zero-order valence-electron chi connectivity index (χ0n) is 8.24. The lowest BCUT2D eigenvalue weighted by molar-refractivity contribution is 0.768. The molecule has 2 rings (SSSR count). The molecule has 0 atom stereocenters. The fourth-order valence-corrected chi connectivity index (χ4v) is 1.80. The molecule has 0 radical (unpaired) electrons. The normalized spacial score (nSPS) is 10.3. The predicted octanol–water partition coefficient (Wildman–Crippen LogP) is 2.35. The van der Waals surface area contributed by atoms with Gasteiger partial charge in [0.15, 0.2) is 0 Å². The third-order valence-corrected chi connectivity index (χ3v) is 2.67. The fraction of sp³-hybridized carbons (Fsp3) is 0.100. The Morgan fingerprint density at radius 2 is 2.27 bits per heavy atom. The number of hydrogen-bond acceptors (Lipinski definition) is 3. The van der Waals surface area contributed by atoms with Gasteiger partial charge in [-0.1, -0.05) is 0 Å². The first-order valence-corrected chi connectivity index (χ1v) is 5.54. The van der Waals surface area contributed by atoms with Gasteiger partial charge in [-0.15, -0.1) is 0 Å². The molecular formula is C10H11IN4. The first kappa shape index (κ1) is 10.3. The first-order chi connectivity index (χ1) is 7.15. The van der Waals surface area contributed by atoms with Gasteiger partial charge in [-0.2, -0.15) is 5.10 Å². The molecule has 78 valence electrons. The summed E-state index contributed by atoms with van der Waals surface area (Å²) in [7, 11) is 1.88. The Labute approximate surface area is 102 Å². The molecule has 0 aliphatic carbocycles. The molecule has 0 amide bonds. The smallest absolute Gasteiger partial charge is 0.0770 e. The number of nitrogens with zero attached hydrogens (tertiary/aromatic N) is 2. The van der Waals surface area contributed by atoms with E-state index in [1.165, 1.54) is 0 Å². The topological polar surface area (TPSA) is 55.9 Å². The molecular weight excluding hydrogens is 303 g/mol. The van der Waals surface area contributed by atoms with Crippen LogP contribution in [-0.4, -0.2) is 9.78 Å². The van der Waals surface area contributed by atoms with Gasteiger partial charge in [0.25, 0.3) is 0 Å². The maximum atomic E-state index is 5.88. The third kappa shape index (κ3) is 2.41. The van der Waals surface area contributed by atoms with Crippen molar-refractivity contribution in [2.45, 2.75) is 0 Å². The van der Waals surface area contributed by atoms with E-state index in [4.69, 9.17) is 5.73 Å². The van der Waals surface area contributed by atoms with Crippen molar-refractivity contribution in [1.82, 2.24) is 9.78 Å². The minimum absolute atomic E-state index is 0.741. The molecule has 5 heteroatoms.